The highest BCUT2D eigenvalue weighted by Crippen LogP contribution is 2.25. The summed E-state index contributed by atoms with van der Waals surface area (Å²) in [4.78, 5) is 25.4. The number of sulfonamides is 1. The molecule has 0 saturated carbocycles. The highest BCUT2D eigenvalue weighted by Gasteiger charge is 2.20. The Bertz CT molecular complexity index is 1290. The minimum absolute atomic E-state index is 0.0680. The Hall–Kier alpha value is -3.49. The molecule has 1 aliphatic heterocycles. The predicted molar refractivity (Wildman–Crippen MR) is 128 cm³/mol. The van der Waals surface area contributed by atoms with Gasteiger partial charge in [-0.15, -0.1) is 0 Å². The van der Waals surface area contributed by atoms with Gasteiger partial charge in [-0.25, -0.2) is 17.9 Å². The van der Waals surface area contributed by atoms with Crippen LogP contribution in [-0.2, 0) is 32.6 Å². The summed E-state index contributed by atoms with van der Waals surface area (Å²) in [5.41, 5.74) is 4.07. The Morgan fingerprint density at radius 3 is 2.35 bits per heavy atom. The summed E-state index contributed by atoms with van der Waals surface area (Å²) in [7, 11) is -2.50. The number of benzene rings is 3. The number of hydrogen-bond donors (Lipinski definition) is 1. The van der Waals surface area contributed by atoms with Gasteiger partial charge in [0.25, 0.3) is 0 Å². The van der Waals surface area contributed by atoms with Gasteiger partial charge >= 0.3 is 5.97 Å². The maximum Gasteiger partial charge on any atom is 0.337 e. The molecule has 0 atom stereocenters. The minimum Gasteiger partial charge on any atom is -0.465 e. The summed E-state index contributed by atoms with van der Waals surface area (Å²) < 4.78 is 32.8. The van der Waals surface area contributed by atoms with Crippen LogP contribution in [0.4, 0.5) is 0 Å². The third-order valence-electron chi connectivity index (χ3n) is 5.87. The quantitative estimate of drug-likeness (QED) is 0.498. The Kier molecular flexibility index (Phi) is 7.09. The Labute approximate surface area is 199 Å². The summed E-state index contributed by atoms with van der Waals surface area (Å²) in [6, 6.07) is 21.2. The summed E-state index contributed by atoms with van der Waals surface area (Å²) in [5.74, 6) is -0.328. The lowest BCUT2D eigenvalue weighted by molar-refractivity contribution is -0.128. The second-order valence-corrected chi connectivity index (χ2v) is 9.88. The number of rotatable bonds is 8. The number of nitrogens with zero attached hydrogens (tertiary/aromatic N) is 1. The summed E-state index contributed by atoms with van der Waals surface area (Å²) in [6.07, 6.45) is 1.53. The molecule has 0 aliphatic carbocycles. The van der Waals surface area contributed by atoms with Crippen LogP contribution in [0, 0.1) is 0 Å². The molecule has 3 aromatic carbocycles. The van der Waals surface area contributed by atoms with Crippen molar-refractivity contribution in [2.75, 3.05) is 13.7 Å². The molecule has 0 unspecified atom stereocenters. The first-order valence-electron chi connectivity index (χ1n) is 11.0. The van der Waals surface area contributed by atoms with Crippen LogP contribution in [0.1, 0.15) is 34.3 Å². The van der Waals surface area contributed by atoms with Crippen LogP contribution in [0.5, 0.6) is 0 Å². The number of likely N-dealkylation sites (tertiary alicyclic amines) is 1. The Morgan fingerprint density at radius 2 is 1.71 bits per heavy atom. The second-order valence-electron chi connectivity index (χ2n) is 8.11. The first kappa shape index (κ1) is 23.7. The van der Waals surface area contributed by atoms with Gasteiger partial charge < -0.3 is 9.64 Å². The monoisotopic (exact) mass is 478 g/mol. The summed E-state index contributed by atoms with van der Waals surface area (Å²) >= 11 is 0. The molecular weight excluding hydrogens is 452 g/mol. The van der Waals surface area contributed by atoms with Crippen molar-refractivity contribution >= 4 is 21.9 Å². The standard InChI is InChI=1S/C26H26N2O5S/c1-33-26(30)21-12-14-23(15-13-21)34(31,32)27-17-22-5-2-3-6-24(22)20-10-8-19(9-11-20)18-28-16-4-7-25(28)29/h2-3,5-6,8-15,27H,4,7,16-18H2,1H3. The van der Waals surface area contributed by atoms with Gasteiger partial charge in [0.15, 0.2) is 0 Å². The van der Waals surface area contributed by atoms with Gasteiger partial charge in [-0.3, -0.25) is 4.79 Å². The number of hydrogen-bond acceptors (Lipinski definition) is 5. The van der Waals surface area contributed by atoms with Crippen molar-refractivity contribution in [3.8, 4) is 11.1 Å². The average molecular weight is 479 g/mol. The zero-order valence-electron chi connectivity index (χ0n) is 18.9. The van der Waals surface area contributed by atoms with Crippen LogP contribution < -0.4 is 4.72 Å². The van der Waals surface area contributed by atoms with Crippen LogP contribution in [0.3, 0.4) is 0 Å². The van der Waals surface area contributed by atoms with Crippen LogP contribution in [0.2, 0.25) is 0 Å². The van der Waals surface area contributed by atoms with Gasteiger partial charge in [-0.05, 0) is 52.9 Å². The predicted octanol–water partition coefficient (Wildman–Crippen LogP) is 3.74. The van der Waals surface area contributed by atoms with Crippen molar-refractivity contribution < 1.29 is 22.7 Å². The fraction of sp³-hybridized carbons (Fsp3) is 0.231. The highest BCUT2D eigenvalue weighted by molar-refractivity contribution is 7.89. The van der Waals surface area contributed by atoms with E-state index in [0.717, 1.165) is 35.2 Å². The molecule has 0 spiro atoms. The maximum atomic E-state index is 12.8. The van der Waals surface area contributed by atoms with Crippen molar-refractivity contribution in [1.82, 2.24) is 9.62 Å². The molecule has 7 nitrogen and oxygen atoms in total. The molecule has 0 aromatic heterocycles. The van der Waals surface area contributed by atoms with Gasteiger partial charge in [0.05, 0.1) is 17.6 Å². The molecule has 0 radical (unpaired) electrons. The molecule has 1 fully saturated rings. The molecule has 1 amide bonds. The number of nitrogens with one attached hydrogen (secondary N) is 1. The molecular formula is C26H26N2O5S. The summed E-state index contributed by atoms with van der Waals surface area (Å²) in [6.45, 7) is 1.52. The zero-order valence-corrected chi connectivity index (χ0v) is 19.7. The van der Waals surface area contributed by atoms with Crippen molar-refractivity contribution in [3.63, 3.8) is 0 Å². The molecule has 1 aliphatic rings. The van der Waals surface area contributed by atoms with Gasteiger partial charge in [-0.2, -0.15) is 0 Å². The van der Waals surface area contributed by atoms with E-state index in [9.17, 15) is 18.0 Å². The van der Waals surface area contributed by atoms with E-state index in [1.54, 1.807) is 0 Å². The molecule has 1 heterocycles. The van der Waals surface area contributed by atoms with Crippen molar-refractivity contribution in [2.45, 2.75) is 30.8 Å². The van der Waals surface area contributed by atoms with Gasteiger partial charge in [-0.1, -0.05) is 48.5 Å². The molecule has 34 heavy (non-hydrogen) atoms. The van der Waals surface area contributed by atoms with E-state index in [1.807, 2.05) is 53.4 Å². The van der Waals surface area contributed by atoms with E-state index in [0.29, 0.717) is 13.0 Å². The number of methoxy groups -OCH3 is 1. The lowest BCUT2D eigenvalue weighted by atomic mass is 9.98. The average Bonchev–Trinajstić information content (AvgIpc) is 3.27. The third-order valence-corrected chi connectivity index (χ3v) is 7.28. The Morgan fingerprint density at radius 1 is 1.00 bits per heavy atom. The van der Waals surface area contributed by atoms with Gasteiger partial charge in [0.2, 0.25) is 15.9 Å². The largest absolute Gasteiger partial charge is 0.465 e. The normalized spacial score (nSPS) is 13.8. The number of ether oxygens (including phenoxy) is 1. The smallest absolute Gasteiger partial charge is 0.337 e. The minimum atomic E-state index is -3.77. The highest BCUT2D eigenvalue weighted by atomic mass is 32.2. The first-order chi connectivity index (χ1) is 16.4. The van der Waals surface area contributed by atoms with E-state index >= 15 is 0 Å². The number of carbonyl (C=O) groups is 2. The fourth-order valence-corrected chi connectivity index (χ4v) is 4.99. The fourth-order valence-electron chi connectivity index (χ4n) is 3.98. The Balaban J connectivity index is 1.47. The first-order valence-corrected chi connectivity index (χ1v) is 12.5. The topological polar surface area (TPSA) is 92.8 Å². The lowest BCUT2D eigenvalue weighted by Crippen LogP contribution is -2.23. The summed E-state index contributed by atoms with van der Waals surface area (Å²) in [5, 5.41) is 0. The van der Waals surface area contributed by atoms with E-state index in [1.165, 1.54) is 31.4 Å². The second kappa shape index (κ2) is 10.2. The van der Waals surface area contributed by atoms with Crippen molar-refractivity contribution in [1.29, 1.82) is 0 Å². The number of esters is 1. The van der Waals surface area contributed by atoms with Crippen LogP contribution in [0.15, 0.2) is 77.7 Å². The molecule has 1 saturated heterocycles. The van der Waals surface area contributed by atoms with Gasteiger partial charge in [0.1, 0.15) is 0 Å². The number of amides is 1. The zero-order chi connectivity index (χ0) is 24.1. The third kappa shape index (κ3) is 5.35. The SMILES string of the molecule is COC(=O)c1ccc(S(=O)(=O)NCc2ccccc2-c2ccc(CN3CCCC3=O)cc2)cc1. The molecule has 0 bridgehead atoms. The number of carbonyl (C=O) groups excluding carboxylic acids is 2. The molecule has 4 rings (SSSR count). The van der Waals surface area contributed by atoms with E-state index < -0.39 is 16.0 Å². The van der Waals surface area contributed by atoms with E-state index in [2.05, 4.69) is 9.46 Å². The molecule has 176 valence electrons. The molecule has 1 N–H and O–H groups in total. The molecule has 3 aromatic rings. The van der Waals surface area contributed by atoms with E-state index in [-0.39, 0.29) is 22.9 Å². The van der Waals surface area contributed by atoms with E-state index in [4.69, 9.17) is 0 Å². The van der Waals surface area contributed by atoms with Gasteiger partial charge in [0, 0.05) is 26.1 Å². The lowest BCUT2D eigenvalue weighted by Gasteiger charge is -2.16. The van der Waals surface area contributed by atoms with Crippen LogP contribution in [-0.4, -0.2) is 38.8 Å². The molecule has 8 heteroatoms. The van der Waals surface area contributed by atoms with Crippen LogP contribution >= 0.6 is 0 Å². The maximum absolute atomic E-state index is 12.8. The van der Waals surface area contributed by atoms with Crippen LogP contribution in [0.25, 0.3) is 11.1 Å². The van der Waals surface area contributed by atoms with Crippen molar-refractivity contribution in [3.05, 3.63) is 89.5 Å². The van der Waals surface area contributed by atoms with Crippen molar-refractivity contribution in [2.24, 2.45) is 0 Å².